The lowest BCUT2D eigenvalue weighted by atomic mass is 10.2. The van der Waals surface area contributed by atoms with E-state index in [4.69, 9.17) is 4.74 Å². The normalized spacial score (nSPS) is 10.5. The number of carbonyl (C=O) groups is 1. The molecule has 0 saturated carbocycles. The molecule has 0 fully saturated rings. The molecule has 0 bridgehead atoms. The first kappa shape index (κ1) is 18.7. The van der Waals surface area contributed by atoms with Gasteiger partial charge in [0.25, 0.3) is 5.91 Å². The first-order valence-electron chi connectivity index (χ1n) is 7.74. The van der Waals surface area contributed by atoms with Gasteiger partial charge in [0.05, 0.1) is 12.8 Å². The van der Waals surface area contributed by atoms with E-state index in [1.54, 1.807) is 12.3 Å². The van der Waals surface area contributed by atoms with E-state index >= 15 is 0 Å². The van der Waals surface area contributed by atoms with Crippen molar-refractivity contribution in [3.8, 4) is 5.75 Å². The van der Waals surface area contributed by atoms with Gasteiger partial charge in [-0.3, -0.25) is 4.79 Å². The molecule has 0 aliphatic rings. The van der Waals surface area contributed by atoms with E-state index in [0.717, 1.165) is 15.7 Å². The van der Waals surface area contributed by atoms with E-state index in [1.165, 1.54) is 5.56 Å². The molecule has 5 nitrogen and oxygen atoms in total. The molecule has 2 aromatic rings. The summed E-state index contributed by atoms with van der Waals surface area (Å²) in [6.45, 7) is 6.18. The molecule has 0 unspecified atom stereocenters. The Morgan fingerprint density at radius 1 is 1.28 bits per heavy atom. The average molecular weight is 402 g/mol. The van der Waals surface area contributed by atoms with Gasteiger partial charge in [0.2, 0.25) is 0 Å². The largest absolute Gasteiger partial charge is 0.489 e. The number of rotatable bonds is 8. The summed E-state index contributed by atoms with van der Waals surface area (Å²) in [6, 6.07) is 13.4. The molecule has 0 atom stereocenters. The number of nitrogens with one attached hydrogen (secondary N) is 2. The molecule has 25 heavy (non-hydrogen) atoms. The minimum absolute atomic E-state index is 0.138. The number of ether oxygens (including phenoxy) is 1. The van der Waals surface area contributed by atoms with Crippen molar-refractivity contribution < 1.29 is 9.53 Å². The van der Waals surface area contributed by atoms with Crippen molar-refractivity contribution in [2.24, 2.45) is 5.10 Å². The number of hydrazone groups is 1. The zero-order valence-corrected chi connectivity index (χ0v) is 15.5. The molecule has 0 aliphatic carbocycles. The molecular formula is C19H20BrN3O2. The van der Waals surface area contributed by atoms with Crippen LogP contribution in [0.3, 0.4) is 0 Å². The van der Waals surface area contributed by atoms with Crippen LogP contribution in [-0.4, -0.2) is 25.3 Å². The average Bonchev–Trinajstić information content (AvgIpc) is 2.60. The van der Waals surface area contributed by atoms with Gasteiger partial charge in [-0.15, -0.1) is 0 Å². The third kappa shape index (κ3) is 6.43. The van der Waals surface area contributed by atoms with Crippen molar-refractivity contribution in [2.45, 2.75) is 6.92 Å². The number of aryl methyl sites for hydroxylation is 1. The maximum atomic E-state index is 11.9. The number of halogens is 1. The van der Waals surface area contributed by atoms with Crippen molar-refractivity contribution in [3.63, 3.8) is 0 Å². The molecule has 0 aliphatic heterocycles. The minimum Gasteiger partial charge on any atom is -0.489 e. The number of benzene rings is 2. The number of anilines is 1. The van der Waals surface area contributed by atoms with Gasteiger partial charge in [0.1, 0.15) is 12.4 Å². The van der Waals surface area contributed by atoms with E-state index in [9.17, 15) is 4.79 Å². The van der Waals surface area contributed by atoms with Crippen LogP contribution in [0.2, 0.25) is 0 Å². The minimum atomic E-state index is -0.236. The van der Waals surface area contributed by atoms with Gasteiger partial charge in [-0.05, 0) is 37.3 Å². The molecule has 1 amide bonds. The summed E-state index contributed by atoms with van der Waals surface area (Å²) in [5, 5.41) is 7.03. The van der Waals surface area contributed by atoms with Crippen molar-refractivity contribution in [1.82, 2.24) is 5.43 Å². The van der Waals surface area contributed by atoms with Gasteiger partial charge in [-0.25, -0.2) is 5.43 Å². The van der Waals surface area contributed by atoms with Crippen LogP contribution in [0.1, 0.15) is 11.1 Å². The summed E-state index contributed by atoms with van der Waals surface area (Å²) in [4.78, 5) is 11.9. The van der Waals surface area contributed by atoms with Crippen LogP contribution in [0, 0.1) is 6.92 Å². The second-order valence-corrected chi connectivity index (χ2v) is 6.21. The maximum Gasteiger partial charge on any atom is 0.259 e. The third-order valence-electron chi connectivity index (χ3n) is 3.23. The zero-order valence-electron chi connectivity index (χ0n) is 14.0. The molecule has 0 aromatic heterocycles. The molecule has 6 heteroatoms. The van der Waals surface area contributed by atoms with Gasteiger partial charge >= 0.3 is 0 Å². The fourth-order valence-corrected chi connectivity index (χ4v) is 2.35. The fourth-order valence-electron chi connectivity index (χ4n) is 1.97. The Labute approximate surface area is 155 Å². The molecule has 0 spiro atoms. The number of hydrogen-bond acceptors (Lipinski definition) is 4. The topological polar surface area (TPSA) is 62.7 Å². The quantitative estimate of drug-likeness (QED) is 0.400. The summed E-state index contributed by atoms with van der Waals surface area (Å²) in [5.41, 5.74) is 5.30. The highest BCUT2D eigenvalue weighted by Crippen LogP contribution is 2.21. The molecule has 2 rings (SSSR count). The van der Waals surface area contributed by atoms with Crippen molar-refractivity contribution >= 4 is 33.7 Å². The molecule has 0 radical (unpaired) electrons. The van der Waals surface area contributed by atoms with Gasteiger partial charge in [0, 0.05) is 15.7 Å². The predicted molar refractivity (Wildman–Crippen MR) is 105 cm³/mol. The Balaban J connectivity index is 1.89. The second-order valence-electron chi connectivity index (χ2n) is 5.29. The number of carbonyl (C=O) groups excluding carboxylic acids is 1. The van der Waals surface area contributed by atoms with Crippen LogP contribution >= 0.6 is 15.9 Å². The smallest absolute Gasteiger partial charge is 0.259 e. The Kier molecular flexibility index (Phi) is 7.22. The molecule has 2 N–H and O–H groups in total. The Bertz CT molecular complexity index is 758. The monoisotopic (exact) mass is 401 g/mol. The van der Waals surface area contributed by atoms with Crippen LogP contribution in [0.25, 0.3) is 0 Å². The van der Waals surface area contributed by atoms with Gasteiger partial charge < -0.3 is 10.1 Å². The first-order chi connectivity index (χ1) is 12.1. The second kappa shape index (κ2) is 9.64. The molecule has 0 heterocycles. The molecule has 2 aromatic carbocycles. The van der Waals surface area contributed by atoms with E-state index in [-0.39, 0.29) is 12.5 Å². The lowest BCUT2D eigenvalue weighted by molar-refractivity contribution is -0.119. The molecule has 130 valence electrons. The summed E-state index contributed by atoms with van der Waals surface area (Å²) in [7, 11) is 0. The first-order valence-corrected chi connectivity index (χ1v) is 8.53. The van der Waals surface area contributed by atoms with E-state index in [2.05, 4.69) is 38.4 Å². The highest BCUT2D eigenvalue weighted by atomic mass is 79.9. The third-order valence-corrected chi connectivity index (χ3v) is 3.72. The standard InChI is InChI=1S/C19H20BrN3O2/c1-3-10-25-18-9-6-16(20)11-15(18)12-22-23-19(24)13-21-17-7-4-14(2)5-8-17/h3-9,11-12,21H,1,10,13H2,2H3,(H,23,24)/b22-12-. The summed E-state index contributed by atoms with van der Waals surface area (Å²) < 4.78 is 6.45. The number of nitrogens with zero attached hydrogens (tertiary/aromatic N) is 1. The van der Waals surface area contributed by atoms with Crippen LogP contribution in [0.15, 0.2) is 64.7 Å². The highest BCUT2D eigenvalue weighted by molar-refractivity contribution is 9.10. The van der Waals surface area contributed by atoms with Crippen molar-refractivity contribution in [3.05, 3.63) is 70.7 Å². The lowest BCUT2D eigenvalue weighted by Gasteiger charge is -2.08. The number of hydrogen-bond donors (Lipinski definition) is 2. The Morgan fingerprint density at radius 3 is 2.76 bits per heavy atom. The van der Waals surface area contributed by atoms with Crippen LogP contribution in [-0.2, 0) is 4.79 Å². The Hall–Kier alpha value is -2.60. The zero-order chi connectivity index (χ0) is 18.1. The Morgan fingerprint density at radius 2 is 2.04 bits per heavy atom. The maximum absolute atomic E-state index is 11.9. The molecular weight excluding hydrogens is 382 g/mol. The summed E-state index contributed by atoms with van der Waals surface area (Å²) >= 11 is 3.41. The number of amides is 1. The van der Waals surface area contributed by atoms with Gasteiger partial charge in [-0.1, -0.05) is 46.3 Å². The summed E-state index contributed by atoms with van der Waals surface area (Å²) in [5.74, 6) is 0.430. The van der Waals surface area contributed by atoms with E-state index < -0.39 is 0 Å². The molecule has 0 saturated heterocycles. The van der Waals surface area contributed by atoms with Crippen LogP contribution in [0.5, 0.6) is 5.75 Å². The van der Waals surface area contributed by atoms with Crippen molar-refractivity contribution in [2.75, 3.05) is 18.5 Å². The fraction of sp³-hybridized carbons (Fsp3) is 0.158. The van der Waals surface area contributed by atoms with E-state index in [0.29, 0.717) is 12.4 Å². The summed E-state index contributed by atoms with van der Waals surface area (Å²) in [6.07, 6.45) is 3.22. The SMILES string of the molecule is C=CCOc1ccc(Br)cc1/C=N\NC(=O)CNc1ccc(C)cc1. The van der Waals surface area contributed by atoms with Gasteiger partial charge in [-0.2, -0.15) is 5.10 Å². The van der Waals surface area contributed by atoms with Gasteiger partial charge in [0.15, 0.2) is 0 Å². The van der Waals surface area contributed by atoms with Crippen molar-refractivity contribution in [1.29, 1.82) is 0 Å². The van der Waals surface area contributed by atoms with Crippen LogP contribution in [0.4, 0.5) is 5.69 Å². The lowest BCUT2D eigenvalue weighted by Crippen LogP contribution is -2.25. The highest BCUT2D eigenvalue weighted by Gasteiger charge is 2.03. The van der Waals surface area contributed by atoms with Crippen LogP contribution < -0.4 is 15.5 Å². The van der Waals surface area contributed by atoms with E-state index in [1.807, 2.05) is 49.4 Å². The predicted octanol–water partition coefficient (Wildman–Crippen LogP) is 3.88.